The van der Waals surface area contributed by atoms with E-state index in [1.807, 2.05) is 0 Å². The Labute approximate surface area is 96.5 Å². The molecule has 1 amide bonds. The number of hydrogen-bond acceptors (Lipinski definition) is 4. The summed E-state index contributed by atoms with van der Waals surface area (Å²) >= 11 is 0.930. The van der Waals surface area contributed by atoms with E-state index in [4.69, 9.17) is 5.11 Å². The van der Waals surface area contributed by atoms with E-state index < -0.39 is 5.97 Å². The fourth-order valence-electron chi connectivity index (χ4n) is 0.930. The minimum Gasteiger partial charge on any atom is -0.476 e. The summed E-state index contributed by atoms with van der Waals surface area (Å²) in [6.45, 7) is 2.15. The van der Waals surface area contributed by atoms with Crippen molar-refractivity contribution in [3.63, 3.8) is 0 Å². The maximum Gasteiger partial charge on any atom is 0.365 e. The zero-order valence-corrected chi connectivity index (χ0v) is 9.43. The summed E-state index contributed by atoms with van der Waals surface area (Å²) in [7, 11) is 0. The molecule has 1 heterocycles. The Morgan fingerprint density at radius 2 is 2.38 bits per heavy atom. The fraction of sp³-hybridized carbons (Fsp3) is 0.300. The number of hydrogen-bond donors (Lipinski definition) is 2. The van der Waals surface area contributed by atoms with Gasteiger partial charge >= 0.3 is 5.97 Å². The molecule has 0 aromatic carbocycles. The Morgan fingerprint density at radius 3 is 2.94 bits per heavy atom. The van der Waals surface area contributed by atoms with E-state index in [9.17, 15) is 9.59 Å². The SMILES string of the molecule is CC#CCCNC(=O)c1csc(C(=O)O)n1. The minimum absolute atomic E-state index is 0.0847. The van der Waals surface area contributed by atoms with Crippen molar-refractivity contribution in [3.8, 4) is 11.8 Å². The quantitative estimate of drug-likeness (QED) is 0.605. The molecule has 0 saturated carbocycles. The van der Waals surface area contributed by atoms with Crippen LogP contribution in [0, 0.1) is 11.8 Å². The number of carboxylic acid groups (broad SMARTS) is 1. The van der Waals surface area contributed by atoms with Crippen LogP contribution in [0.3, 0.4) is 0 Å². The Hall–Kier alpha value is -1.87. The van der Waals surface area contributed by atoms with Crippen molar-refractivity contribution in [2.75, 3.05) is 6.54 Å². The number of amides is 1. The van der Waals surface area contributed by atoms with Crippen LogP contribution in [-0.4, -0.2) is 28.5 Å². The summed E-state index contributed by atoms with van der Waals surface area (Å²) in [6, 6.07) is 0. The van der Waals surface area contributed by atoms with Crippen molar-refractivity contribution >= 4 is 23.2 Å². The molecule has 0 atom stereocenters. The van der Waals surface area contributed by atoms with Gasteiger partial charge in [0.15, 0.2) is 0 Å². The molecule has 0 bridgehead atoms. The largest absolute Gasteiger partial charge is 0.476 e. The third kappa shape index (κ3) is 3.37. The Bertz CT molecular complexity index is 456. The van der Waals surface area contributed by atoms with Crippen LogP contribution in [0.2, 0.25) is 0 Å². The lowest BCUT2D eigenvalue weighted by molar-refractivity contribution is 0.0696. The van der Waals surface area contributed by atoms with Gasteiger partial charge in [0.25, 0.3) is 5.91 Å². The smallest absolute Gasteiger partial charge is 0.365 e. The summed E-state index contributed by atoms with van der Waals surface area (Å²) in [5.41, 5.74) is 0.131. The van der Waals surface area contributed by atoms with E-state index in [2.05, 4.69) is 22.1 Å². The molecule has 2 N–H and O–H groups in total. The number of nitrogens with zero attached hydrogens (tertiary/aromatic N) is 1. The van der Waals surface area contributed by atoms with E-state index >= 15 is 0 Å². The summed E-state index contributed by atoms with van der Waals surface area (Å²) in [6.07, 6.45) is 0.568. The second kappa shape index (κ2) is 5.88. The topological polar surface area (TPSA) is 79.3 Å². The van der Waals surface area contributed by atoms with Gasteiger partial charge in [-0.2, -0.15) is 0 Å². The zero-order valence-electron chi connectivity index (χ0n) is 8.61. The summed E-state index contributed by atoms with van der Waals surface area (Å²) in [5.74, 6) is 4.01. The highest BCUT2D eigenvalue weighted by Gasteiger charge is 2.13. The van der Waals surface area contributed by atoms with Gasteiger partial charge in [0.05, 0.1) is 0 Å². The molecule has 0 aliphatic carbocycles. The highest BCUT2D eigenvalue weighted by atomic mass is 32.1. The van der Waals surface area contributed by atoms with Gasteiger partial charge in [-0.25, -0.2) is 9.78 Å². The van der Waals surface area contributed by atoms with Crippen LogP contribution in [0.4, 0.5) is 0 Å². The average Bonchev–Trinajstić information content (AvgIpc) is 2.73. The maximum absolute atomic E-state index is 11.4. The van der Waals surface area contributed by atoms with Gasteiger partial charge in [-0.3, -0.25) is 4.79 Å². The predicted molar refractivity (Wildman–Crippen MR) is 59.5 cm³/mol. The first-order valence-electron chi connectivity index (χ1n) is 4.51. The first-order valence-corrected chi connectivity index (χ1v) is 5.39. The molecule has 16 heavy (non-hydrogen) atoms. The van der Waals surface area contributed by atoms with Crippen LogP contribution in [0.5, 0.6) is 0 Å². The second-order valence-corrected chi connectivity index (χ2v) is 3.63. The molecule has 84 valence electrons. The summed E-state index contributed by atoms with van der Waals surface area (Å²) in [4.78, 5) is 25.6. The first kappa shape index (κ1) is 12.2. The molecule has 0 fully saturated rings. The summed E-state index contributed by atoms with van der Waals surface area (Å²) in [5, 5.41) is 12.6. The molecular weight excluding hydrogens is 228 g/mol. The standard InChI is InChI=1S/C10H10N2O3S/c1-2-3-4-5-11-8(13)7-6-16-9(12-7)10(14)15/h6H,4-5H2,1H3,(H,11,13)(H,14,15). The fourth-order valence-corrected chi connectivity index (χ4v) is 1.57. The first-order chi connectivity index (χ1) is 7.65. The normalized spacial score (nSPS) is 9.06. The molecule has 0 radical (unpaired) electrons. The van der Waals surface area contributed by atoms with E-state index in [0.29, 0.717) is 13.0 Å². The molecule has 1 aromatic rings. The molecule has 0 aliphatic rings. The molecular formula is C10H10N2O3S. The Balaban J connectivity index is 2.51. The molecule has 5 nitrogen and oxygen atoms in total. The third-order valence-electron chi connectivity index (χ3n) is 1.63. The number of carbonyl (C=O) groups excluding carboxylic acids is 1. The predicted octanol–water partition coefficient (Wildman–Crippen LogP) is 0.985. The molecule has 1 aromatic heterocycles. The lowest BCUT2D eigenvalue weighted by Gasteiger charge is -1.98. The van der Waals surface area contributed by atoms with E-state index in [1.54, 1.807) is 6.92 Å². The number of thiazole rings is 1. The lowest BCUT2D eigenvalue weighted by atomic mass is 10.4. The Kier molecular flexibility index (Phi) is 4.48. The molecule has 0 unspecified atom stereocenters. The molecule has 0 saturated heterocycles. The maximum atomic E-state index is 11.4. The van der Waals surface area contributed by atoms with Crippen LogP contribution in [0.15, 0.2) is 5.38 Å². The van der Waals surface area contributed by atoms with Gasteiger partial charge in [-0.15, -0.1) is 23.2 Å². The van der Waals surface area contributed by atoms with E-state index in [-0.39, 0.29) is 16.6 Å². The average molecular weight is 238 g/mol. The Morgan fingerprint density at radius 1 is 1.62 bits per heavy atom. The monoisotopic (exact) mass is 238 g/mol. The second-order valence-electron chi connectivity index (χ2n) is 2.78. The number of carboxylic acids is 1. The van der Waals surface area contributed by atoms with Crippen molar-refractivity contribution in [2.24, 2.45) is 0 Å². The number of aromatic nitrogens is 1. The van der Waals surface area contributed by atoms with Crippen molar-refractivity contribution in [1.29, 1.82) is 0 Å². The van der Waals surface area contributed by atoms with Gasteiger partial charge in [0.1, 0.15) is 5.69 Å². The summed E-state index contributed by atoms with van der Waals surface area (Å²) < 4.78 is 0. The number of carbonyl (C=O) groups is 2. The van der Waals surface area contributed by atoms with E-state index in [1.165, 1.54) is 5.38 Å². The zero-order chi connectivity index (χ0) is 12.0. The van der Waals surface area contributed by atoms with Crippen molar-refractivity contribution in [3.05, 3.63) is 16.1 Å². The molecule has 6 heteroatoms. The number of nitrogens with one attached hydrogen (secondary N) is 1. The third-order valence-corrected chi connectivity index (χ3v) is 2.46. The van der Waals surface area contributed by atoms with Crippen LogP contribution >= 0.6 is 11.3 Å². The van der Waals surface area contributed by atoms with Gasteiger partial charge in [0, 0.05) is 18.3 Å². The molecule has 0 spiro atoms. The number of rotatable bonds is 4. The highest BCUT2D eigenvalue weighted by Crippen LogP contribution is 2.09. The van der Waals surface area contributed by atoms with Crippen molar-refractivity contribution in [2.45, 2.75) is 13.3 Å². The van der Waals surface area contributed by atoms with Crippen molar-refractivity contribution < 1.29 is 14.7 Å². The highest BCUT2D eigenvalue weighted by molar-refractivity contribution is 7.11. The van der Waals surface area contributed by atoms with Gasteiger partial charge in [0.2, 0.25) is 5.01 Å². The minimum atomic E-state index is -1.12. The van der Waals surface area contributed by atoms with Crippen LogP contribution in [0.1, 0.15) is 33.6 Å². The number of aromatic carboxylic acids is 1. The lowest BCUT2D eigenvalue weighted by Crippen LogP contribution is -2.24. The van der Waals surface area contributed by atoms with Crippen molar-refractivity contribution in [1.82, 2.24) is 10.3 Å². The van der Waals surface area contributed by atoms with E-state index in [0.717, 1.165) is 11.3 Å². The molecule has 1 rings (SSSR count). The van der Waals surface area contributed by atoms with Gasteiger partial charge in [-0.1, -0.05) is 0 Å². The molecule has 0 aliphatic heterocycles. The van der Waals surface area contributed by atoms with Gasteiger partial charge in [-0.05, 0) is 6.92 Å². The van der Waals surface area contributed by atoms with Crippen LogP contribution in [0.25, 0.3) is 0 Å². The van der Waals surface area contributed by atoms with Crippen LogP contribution in [-0.2, 0) is 0 Å². The van der Waals surface area contributed by atoms with Crippen LogP contribution < -0.4 is 5.32 Å². The van der Waals surface area contributed by atoms with Gasteiger partial charge < -0.3 is 10.4 Å².